The summed E-state index contributed by atoms with van der Waals surface area (Å²) in [7, 11) is 1.70. The Morgan fingerprint density at radius 2 is 2.11 bits per heavy atom. The van der Waals surface area contributed by atoms with E-state index in [9.17, 15) is 10.1 Å². The molecule has 1 heterocycles. The molecule has 1 atom stereocenters. The van der Waals surface area contributed by atoms with Gasteiger partial charge in [0.1, 0.15) is 11.6 Å². The van der Waals surface area contributed by atoms with Crippen LogP contribution in [0.15, 0.2) is 12.1 Å². The lowest BCUT2D eigenvalue weighted by Gasteiger charge is -2.28. The lowest BCUT2D eigenvalue weighted by Crippen LogP contribution is -2.31. The predicted octanol–water partition coefficient (Wildman–Crippen LogP) is 3.02. The fourth-order valence-electron chi connectivity index (χ4n) is 2.60. The van der Waals surface area contributed by atoms with Crippen molar-refractivity contribution in [3.63, 3.8) is 0 Å². The Bertz CT molecular complexity index is 488. The van der Waals surface area contributed by atoms with Gasteiger partial charge in [-0.3, -0.25) is 10.1 Å². The SMILES string of the molecule is CNc1cc([N+](=O)[O-])cc(NC2CCCC2(C)C)n1. The summed E-state index contributed by atoms with van der Waals surface area (Å²) in [5.41, 5.74) is 0.254. The van der Waals surface area contributed by atoms with Gasteiger partial charge in [-0.25, -0.2) is 4.98 Å². The van der Waals surface area contributed by atoms with Gasteiger partial charge in [0.15, 0.2) is 0 Å². The molecule has 0 saturated heterocycles. The fraction of sp³-hybridized carbons (Fsp3) is 0.615. The number of nitrogens with one attached hydrogen (secondary N) is 2. The van der Waals surface area contributed by atoms with E-state index >= 15 is 0 Å². The molecule has 1 unspecified atom stereocenters. The molecule has 0 aromatic carbocycles. The molecule has 0 spiro atoms. The van der Waals surface area contributed by atoms with Gasteiger partial charge in [-0.15, -0.1) is 0 Å². The molecule has 19 heavy (non-hydrogen) atoms. The molecule has 104 valence electrons. The van der Waals surface area contributed by atoms with Crippen LogP contribution in [-0.2, 0) is 0 Å². The Labute approximate surface area is 112 Å². The lowest BCUT2D eigenvalue weighted by molar-refractivity contribution is -0.384. The number of hydrogen-bond donors (Lipinski definition) is 2. The van der Waals surface area contributed by atoms with Gasteiger partial charge in [0, 0.05) is 13.1 Å². The summed E-state index contributed by atoms with van der Waals surface area (Å²) in [4.78, 5) is 14.8. The number of pyridine rings is 1. The monoisotopic (exact) mass is 264 g/mol. The Morgan fingerprint density at radius 1 is 1.42 bits per heavy atom. The van der Waals surface area contributed by atoms with E-state index in [2.05, 4.69) is 29.5 Å². The van der Waals surface area contributed by atoms with E-state index in [0.717, 1.165) is 6.42 Å². The number of hydrogen-bond acceptors (Lipinski definition) is 5. The minimum absolute atomic E-state index is 0.0534. The van der Waals surface area contributed by atoms with Crippen LogP contribution in [-0.4, -0.2) is 23.0 Å². The highest BCUT2D eigenvalue weighted by molar-refractivity contribution is 5.55. The van der Waals surface area contributed by atoms with Gasteiger partial charge in [-0.2, -0.15) is 0 Å². The Morgan fingerprint density at radius 3 is 2.63 bits per heavy atom. The van der Waals surface area contributed by atoms with Crippen molar-refractivity contribution in [2.45, 2.75) is 39.2 Å². The zero-order valence-corrected chi connectivity index (χ0v) is 11.6. The molecule has 6 nitrogen and oxygen atoms in total. The number of aromatic nitrogens is 1. The molecule has 0 bridgehead atoms. The van der Waals surface area contributed by atoms with Crippen LogP contribution >= 0.6 is 0 Å². The zero-order chi connectivity index (χ0) is 14.0. The van der Waals surface area contributed by atoms with Crippen LogP contribution in [0, 0.1) is 15.5 Å². The maximum Gasteiger partial charge on any atom is 0.276 e. The van der Waals surface area contributed by atoms with E-state index in [1.807, 2.05) is 0 Å². The van der Waals surface area contributed by atoms with Gasteiger partial charge in [0.05, 0.1) is 17.1 Å². The van der Waals surface area contributed by atoms with Crippen molar-refractivity contribution in [3.05, 3.63) is 22.2 Å². The predicted molar refractivity (Wildman–Crippen MR) is 75.5 cm³/mol. The Kier molecular flexibility index (Phi) is 3.59. The van der Waals surface area contributed by atoms with E-state index in [1.165, 1.54) is 25.0 Å². The molecule has 1 saturated carbocycles. The molecule has 0 aliphatic heterocycles. The van der Waals surface area contributed by atoms with Crippen LogP contribution in [0.25, 0.3) is 0 Å². The first-order valence-corrected chi connectivity index (χ1v) is 6.53. The highest BCUT2D eigenvalue weighted by Crippen LogP contribution is 2.39. The quantitative estimate of drug-likeness (QED) is 0.645. The first kappa shape index (κ1) is 13.6. The number of nitro groups is 1. The Hall–Kier alpha value is -1.85. The molecule has 2 rings (SSSR count). The van der Waals surface area contributed by atoms with Crippen molar-refractivity contribution in [2.24, 2.45) is 5.41 Å². The van der Waals surface area contributed by atoms with Gasteiger partial charge in [-0.05, 0) is 18.3 Å². The summed E-state index contributed by atoms with van der Waals surface area (Å²) in [5, 5.41) is 17.1. The van der Waals surface area contributed by atoms with Crippen LogP contribution in [0.2, 0.25) is 0 Å². The van der Waals surface area contributed by atoms with E-state index in [0.29, 0.717) is 17.7 Å². The van der Waals surface area contributed by atoms with Crippen LogP contribution in [0.3, 0.4) is 0 Å². The minimum Gasteiger partial charge on any atom is -0.373 e. The molecular weight excluding hydrogens is 244 g/mol. The zero-order valence-electron chi connectivity index (χ0n) is 11.6. The number of rotatable bonds is 4. The smallest absolute Gasteiger partial charge is 0.276 e. The van der Waals surface area contributed by atoms with Crippen LogP contribution in [0.4, 0.5) is 17.3 Å². The highest BCUT2D eigenvalue weighted by Gasteiger charge is 2.34. The second kappa shape index (κ2) is 5.03. The third-order valence-electron chi connectivity index (χ3n) is 3.86. The summed E-state index contributed by atoms with van der Waals surface area (Å²) in [5.74, 6) is 1.08. The minimum atomic E-state index is -0.395. The highest BCUT2D eigenvalue weighted by atomic mass is 16.6. The Balaban J connectivity index is 2.24. The lowest BCUT2D eigenvalue weighted by atomic mass is 9.87. The average molecular weight is 264 g/mol. The molecule has 6 heteroatoms. The standard InChI is InChI=1S/C13H20N4O2/c1-13(2)6-4-5-10(13)15-12-8-9(17(18)19)7-11(14-3)16-12/h7-8,10H,4-6H2,1-3H3,(H2,14,15,16). The average Bonchev–Trinajstić information content (AvgIpc) is 2.68. The first-order valence-electron chi connectivity index (χ1n) is 6.53. The van der Waals surface area contributed by atoms with Crippen LogP contribution in [0.5, 0.6) is 0 Å². The summed E-state index contributed by atoms with van der Waals surface area (Å²) in [6, 6.07) is 3.24. The topological polar surface area (TPSA) is 80.1 Å². The van der Waals surface area contributed by atoms with E-state index in [1.54, 1.807) is 7.05 Å². The van der Waals surface area contributed by atoms with Crippen LogP contribution in [0.1, 0.15) is 33.1 Å². The molecule has 1 fully saturated rings. The van der Waals surface area contributed by atoms with Gasteiger partial charge in [-0.1, -0.05) is 20.3 Å². The molecule has 1 aromatic rings. The molecular formula is C13H20N4O2. The third kappa shape index (κ3) is 2.94. The van der Waals surface area contributed by atoms with E-state index in [4.69, 9.17) is 0 Å². The van der Waals surface area contributed by atoms with Crippen molar-refractivity contribution < 1.29 is 4.92 Å². The maximum absolute atomic E-state index is 10.9. The van der Waals surface area contributed by atoms with Crippen molar-refractivity contribution in [3.8, 4) is 0 Å². The first-order chi connectivity index (χ1) is 8.92. The fourth-order valence-corrected chi connectivity index (χ4v) is 2.60. The molecule has 0 amide bonds. The third-order valence-corrected chi connectivity index (χ3v) is 3.86. The van der Waals surface area contributed by atoms with Gasteiger partial charge >= 0.3 is 0 Å². The van der Waals surface area contributed by atoms with Gasteiger partial charge in [0.25, 0.3) is 5.69 Å². The normalized spacial score (nSPS) is 21.1. The van der Waals surface area contributed by atoms with Crippen molar-refractivity contribution in [2.75, 3.05) is 17.7 Å². The summed E-state index contributed by atoms with van der Waals surface area (Å²) >= 11 is 0. The van der Waals surface area contributed by atoms with Crippen molar-refractivity contribution in [1.82, 2.24) is 4.98 Å². The molecule has 2 N–H and O–H groups in total. The van der Waals surface area contributed by atoms with Crippen LogP contribution < -0.4 is 10.6 Å². The van der Waals surface area contributed by atoms with Gasteiger partial charge < -0.3 is 10.6 Å². The summed E-state index contributed by atoms with van der Waals surface area (Å²) in [6.07, 6.45) is 3.42. The summed E-state index contributed by atoms with van der Waals surface area (Å²) < 4.78 is 0. The number of nitrogens with zero attached hydrogens (tertiary/aromatic N) is 2. The largest absolute Gasteiger partial charge is 0.373 e. The molecule has 1 aliphatic rings. The molecule has 1 aromatic heterocycles. The molecule has 0 radical (unpaired) electrons. The second-order valence-corrected chi connectivity index (χ2v) is 5.68. The summed E-state index contributed by atoms with van der Waals surface area (Å²) in [6.45, 7) is 4.43. The van der Waals surface area contributed by atoms with Crippen molar-refractivity contribution in [1.29, 1.82) is 0 Å². The number of anilines is 2. The van der Waals surface area contributed by atoms with Gasteiger partial charge in [0.2, 0.25) is 0 Å². The van der Waals surface area contributed by atoms with E-state index < -0.39 is 4.92 Å². The van der Waals surface area contributed by atoms with Crippen molar-refractivity contribution >= 4 is 17.3 Å². The van der Waals surface area contributed by atoms with E-state index in [-0.39, 0.29) is 11.1 Å². The molecule has 1 aliphatic carbocycles. The second-order valence-electron chi connectivity index (χ2n) is 5.68. The maximum atomic E-state index is 10.9.